The van der Waals surface area contributed by atoms with E-state index in [1.165, 1.54) is 25.7 Å². The lowest BCUT2D eigenvalue weighted by Crippen LogP contribution is -2.35. The van der Waals surface area contributed by atoms with Crippen molar-refractivity contribution in [2.24, 2.45) is 0 Å². The predicted molar refractivity (Wildman–Crippen MR) is 117 cm³/mol. The Morgan fingerprint density at radius 3 is 1.79 bits per heavy atom. The van der Waals surface area contributed by atoms with E-state index >= 15 is 0 Å². The predicted octanol–water partition coefficient (Wildman–Crippen LogP) is 4.79. The highest BCUT2D eigenvalue weighted by Gasteiger charge is 2.09. The number of carbonyl (C=O) groups is 2. The van der Waals surface area contributed by atoms with Crippen LogP contribution in [0.25, 0.3) is 0 Å². The fourth-order valence-corrected chi connectivity index (χ4v) is 3.07. The van der Waals surface area contributed by atoms with E-state index < -0.39 is 0 Å². The van der Waals surface area contributed by atoms with Gasteiger partial charge in [0.25, 0.3) is 0 Å². The van der Waals surface area contributed by atoms with Gasteiger partial charge in [0.1, 0.15) is 6.61 Å². The van der Waals surface area contributed by atoms with Crippen molar-refractivity contribution in [1.82, 2.24) is 5.32 Å². The molecule has 0 bridgehead atoms. The summed E-state index contributed by atoms with van der Waals surface area (Å²) in [6.07, 6.45) is 14.2. The van der Waals surface area contributed by atoms with E-state index in [-0.39, 0.29) is 18.0 Å². The first-order chi connectivity index (χ1) is 14.1. The molecule has 0 amide bonds. The van der Waals surface area contributed by atoms with Crippen molar-refractivity contribution in [3.05, 3.63) is 0 Å². The first kappa shape index (κ1) is 27.9. The molecule has 0 aliphatic rings. The van der Waals surface area contributed by atoms with Crippen molar-refractivity contribution in [3.63, 3.8) is 0 Å². The molecule has 0 aliphatic heterocycles. The van der Waals surface area contributed by atoms with Crippen LogP contribution < -0.4 is 5.32 Å². The van der Waals surface area contributed by atoms with Crippen LogP contribution in [-0.4, -0.2) is 52.0 Å². The second-order valence-electron chi connectivity index (χ2n) is 7.73. The fraction of sp³-hybridized carbons (Fsp3) is 0.913. The molecule has 6 nitrogen and oxygen atoms in total. The molecule has 0 aromatic rings. The SMILES string of the molecule is CCCCCCCCOC(=O)CCCCCCCCC(=O)OCC(COC)NC. The number of esters is 2. The van der Waals surface area contributed by atoms with Crippen molar-refractivity contribution in [3.8, 4) is 0 Å². The lowest BCUT2D eigenvalue weighted by atomic mass is 10.1. The smallest absolute Gasteiger partial charge is 0.305 e. The summed E-state index contributed by atoms with van der Waals surface area (Å²) in [5.74, 6) is -0.205. The Kier molecular flexibility index (Phi) is 20.7. The third-order valence-electron chi connectivity index (χ3n) is 4.99. The van der Waals surface area contributed by atoms with Gasteiger partial charge in [0, 0.05) is 20.0 Å². The van der Waals surface area contributed by atoms with Gasteiger partial charge in [-0.15, -0.1) is 0 Å². The fourth-order valence-electron chi connectivity index (χ4n) is 3.07. The molecule has 6 heteroatoms. The van der Waals surface area contributed by atoms with Gasteiger partial charge < -0.3 is 19.5 Å². The van der Waals surface area contributed by atoms with Crippen LogP contribution in [0.4, 0.5) is 0 Å². The molecule has 0 fully saturated rings. The van der Waals surface area contributed by atoms with Crippen molar-refractivity contribution >= 4 is 11.9 Å². The average Bonchev–Trinajstić information content (AvgIpc) is 2.72. The molecule has 0 aromatic carbocycles. The normalized spacial score (nSPS) is 12.0. The molecule has 172 valence electrons. The van der Waals surface area contributed by atoms with E-state index in [0.717, 1.165) is 51.4 Å². The number of likely N-dealkylation sites (N-methyl/N-ethyl adjacent to an activating group) is 1. The molecule has 1 N–H and O–H groups in total. The second kappa shape index (κ2) is 21.6. The maximum absolute atomic E-state index is 11.7. The van der Waals surface area contributed by atoms with E-state index in [1.54, 1.807) is 7.11 Å². The Morgan fingerprint density at radius 2 is 1.24 bits per heavy atom. The minimum absolute atomic E-state index is 0.0430. The summed E-state index contributed by atoms with van der Waals surface area (Å²) in [6.45, 7) is 3.65. The molecule has 0 heterocycles. The summed E-state index contributed by atoms with van der Waals surface area (Å²) < 4.78 is 15.6. The van der Waals surface area contributed by atoms with E-state index in [0.29, 0.717) is 32.7 Å². The summed E-state index contributed by atoms with van der Waals surface area (Å²) in [4.78, 5) is 23.4. The minimum atomic E-state index is -0.144. The van der Waals surface area contributed by atoms with Crippen molar-refractivity contribution in [2.75, 3.05) is 34.0 Å². The number of hydrogen-bond acceptors (Lipinski definition) is 6. The van der Waals surface area contributed by atoms with Crippen LogP contribution in [0.2, 0.25) is 0 Å². The zero-order chi connectivity index (χ0) is 21.6. The highest BCUT2D eigenvalue weighted by atomic mass is 16.5. The molecule has 29 heavy (non-hydrogen) atoms. The largest absolute Gasteiger partial charge is 0.466 e. The number of unbranched alkanes of at least 4 members (excludes halogenated alkanes) is 10. The Hall–Kier alpha value is -1.14. The summed E-state index contributed by atoms with van der Waals surface area (Å²) in [5.41, 5.74) is 0. The van der Waals surface area contributed by atoms with E-state index in [1.807, 2.05) is 7.05 Å². The van der Waals surface area contributed by atoms with Crippen LogP contribution in [-0.2, 0) is 23.8 Å². The molecule has 0 rings (SSSR count). The van der Waals surface area contributed by atoms with Crippen LogP contribution in [0, 0.1) is 0 Å². The molecule has 0 spiro atoms. The number of methoxy groups -OCH3 is 1. The zero-order valence-electron chi connectivity index (χ0n) is 19.1. The van der Waals surface area contributed by atoms with Crippen LogP contribution in [0.3, 0.4) is 0 Å². The molecular formula is C23H45NO5. The summed E-state index contributed by atoms with van der Waals surface area (Å²) in [6, 6.07) is 0.0430. The third kappa shape index (κ3) is 19.9. The van der Waals surface area contributed by atoms with Gasteiger partial charge in [0.2, 0.25) is 0 Å². The first-order valence-corrected chi connectivity index (χ1v) is 11.6. The highest BCUT2D eigenvalue weighted by molar-refractivity contribution is 5.69. The Bertz CT molecular complexity index is 389. The summed E-state index contributed by atoms with van der Waals surface area (Å²) in [5, 5.41) is 3.05. The van der Waals surface area contributed by atoms with Gasteiger partial charge in [-0.3, -0.25) is 9.59 Å². The monoisotopic (exact) mass is 415 g/mol. The van der Waals surface area contributed by atoms with Crippen LogP contribution in [0.15, 0.2) is 0 Å². The Balaban J connectivity index is 3.37. The molecule has 0 saturated heterocycles. The lowest BCUT2D eigenvalue weighted by molar-refractivity contribution is -0.145. The molecule has 0 saturated carbocycles. The summed E-state index contributed by atoms with van der Waals surface area (Å²) >= 11 is 0. The topological polar surface area (TPSA) is 73.9 Å². The van der Waals surface area contributed by atoms with Crippen LogP contribution >= 0.6 is 0 Å². The van der Waals surface area contributed by atoms with E-state index in [4.69, 9.17) is 14.2 Å². The number of rotatable bonds is 21. The quantitative estimate of drug-likeness (QED) is 0.215. The number of nitrogens with one attached hydrogen (secondary N) is 1. The van der Waals surface area contributed by atoms with Crippen molar-refractivity contribution in [1.29, 1.82) is 0 Å². The maximum atomic E-state index is 11.7. The van der Waals surface area contributed by atoms with Crippen LogP contribution in [0.5, 0.6) is 0 Å². The molecular weight excluding hydrogens is 370 g/mol. The molecule has 0 aliphatic carbocycles. The van der Waals surface area contributed by atoms with Gasteiger partial charge in [-0.2, -0.15) is 0 Å². The van der Waals surface area contributed by atoms with Crippen molar-refractivity contribution < 1.29 is 23.8 Å². The van der Waals surface area contributed by atoms with Crippen LogP contribution in [0.1, 0.15) is 96.8 Å². The van der Waals surface area contributed by atoms with Crippen molar-refractivity contribution in [2.45, 2.75) is 103 Å². The second-order valence-corrected chi connectivity index (χ2v) is 7.73. The highest BCUT2D eigenvalue weighted by Crippen LogP contribution is 2.10. The van der Waals surface area contributed by atoms with E-state index in [9.17, 15) is 9.59 Å². The average molecular weight is 416 g/mol. The van der Waals surface area contributed by atoms with E-state index in [2.05, 4.69) is 12.2 Å². The summed E-state index contributed by atoms with van der Waals surface area (Å²) in [7, 11) is 3.46. The third-order valence-corrected chi connectivity index (χ3v) is 4.99. The molecule has 1 atom stereocenters. The molecule has 0 radical (unpaired) electrons. The van der Waals surface area contributed by atoms with Gasteiger partial charge in [-0.05, 0) is 26.3 Å². The van der Waals surface area contributed by atoms with Gasteiger partial charge in [0.15, 0.2) is 0 Å². The van der Waals surface area contributed by atoms with Gasteiger partial charge in [0.05, 0.1) is 19.3 Å². The van der Waals surface area contributed by atoms with Gasteiger partial charge in [-0.1, -0.05) is 64.7 Å². The standard InChI is InChI=1S/C23H45NO5/c1-4-5-6-7-12-15-18-28-22(25)16-13-10-8-9-11-14-17-23(26)29-20-21(24-2)19-27-3/h21,24H,4-20H2,1-3H3. The maximum Gasteiger partial charge on any atom is 0.305 e. The minimum Gasteiger partial charge on any atom is -0.466 e. The first-order valence-electron chi connectivity index (χ1n) is 11.6. The number of ether oxygens (including phenoxy) is 3. The Morgan fingerprint density at radius 1 is 0.724 bits per heavy atom. The lowest BCUT2D eigenvalue weighted by Gasteiger charge is -2.15. The Labute approximate surface area is 178 Å². The zero-order valence-corrected chi connectivity index (χ0v) is 19.1. The van der Waals surface area contributed by atoms with Gasteiger partial charge >= 0.3 is 11.9 Å². The molecule has 0 aromatic heterocycles. The number of carbonyl (C=O) groups excluding carboxylic acids is 2. The molecule has 1 unspecified atom stereocenters. The number of hydrogen-bond donors (Lipinski definition) is 1. The van der Waals surface area contributed by atoms with Gasteiger partial charge in [-0.25, -0.2) is 0 Å².